The van der Waals surface area contributed by atoms with Crippen molar-refractivity contribution < 1.29 is 13.9 Å². The molecule has 1 rings (SSSR count). The van der Waals surface area contributed by atoms with E-state index < -0.39 is 12.0 Å². The molecule has 0 spiro atoms. The van der Waals surface area contributed by atoms with Crippen LogP contribution in [0.1, 0.15) is 25.7 Å². The van der Waals surface area contributed by atoms with Gasteiger partial charge in [0.15, 0.2) is 0 Å². The van der Waals surface area contributed by atoms with Gasteiger partial charge in [0.05, 0.1) is 0 Å². The van der Waals surface area contributed by atoms with Gasteiger partial charge in [-0.3, -0.25) is 0 Å². The molecule has 1 nitrogen and oxygen atoms in total. The Labute approximate surface area is 52.7 Å². The molecule has 0 aromatic heterocycles. The summed E-state index contributed by atoms with van der Waals surface area (Å²) in [6.07, 6.45) is 0.00775. The van der Waals surface area contributed by atoms with Crippen LogP contribution in [0.3, 0.4) is 0 Å². The van der Waals surface area contributed by atoms with Gasteiger partial charge in [0, 0.05) is 6.42 Å². The van der Waals surface area contributed by atoms with E-state index in [1.807, 2.05) is 0 Å². The lowest BCUT2D eigenvalue weighted by Crippen LogP contribution is -2.36. The van der Waals surface area contributed by atoms with E-state index in [0.717, 1.165) is 6.42 Å². The molecule has 1 N–H and O–H groups in total. The molecule has 1 atom stereocenters. The summed E-state index contributed by atoms with van der Waals surface area (Å²) in [6, 6.07) is 0. The molecule has 0 heterocycles. The zero-order valence-electron chi connectivity index (χ0n) is 5.11. The maximum Gasteiger partial charge on any atom is 0.273 e. The Hall–Kier alpha value is -0.180. The topological polar surface area (TPSA) is 20.2 Å². The molecule has 1 saturated carbocycles. The Morgan fingerprint density at radius 2 is 2.00 bits per heavy atom. The van der Waals surface area contributed by atoms with Crippen LogP contribution in [0.15, 0.2) is 0 Å². The smallest absolute Gasteiger partial charge is 0.273 e. The molecule has 1 aliphatic rings. The minimum absolute atomic E-state index is 0.145. The van der Waals surface area contributed by atoms with Crippen molar-refractivity contribution in [2.24, 2.45) is 0 Å². The van der Waals surface area contributed by atoms with E-state index in [-0.39, 0.29) is 12.8 Å². The summed E-state index contributed by atoms with van der Waals surface area (Å²) < 4.78 is 24.7. The molecule has 0 aliphatic heterocycles. The molecular formula is C6H10F2O. The highest BCUT2D eigenvalue weighted by molar-refractivity contribution is 4.80. The first-order chi connectivity index (χ1) is 4.13. The van der Waals surface area contributed by atoms with Crippen molar-refractivity contribution in [1.29, 1.82) is 0 Å². The van der Waals surface area contributed by atoms with E-state index in [0.29, 0.717) is 6.42 Å². The second kappa shape index (κ2) is 2.21. The van der Waals surface area contributed by atoms with E-state index >= 15 is 0 Å². The van der Waals surface area contributed by atoms with Gasteiger partial charge in [0.25, 0.3) is 5.92 Å². The van der Waals surface area contributed by atoms with E-state index in [4.69, 9.17) is 5.11 Å². The minimum Gasteiger partial charge on any atom is -0.387 e. The van der Waals surface area contributed by atoms with Gasteiger partial charge in [-0.15, -0.1) is 0 Å². The van der Waals surface area contributed by atoms with Crippen molar-refractivity contribution in [3.63, 3.8) is 0 Å². The van der Waals surface area contributed by atoms with Crippen LogP contribution in [-0.4, -0.2) is 17.1 Å². The SMILES string of the molecule is O[C@@H]1CCCCC1(F)F. The number of aliphatic hydroxyl groups is 1. The summed E-state index contributed by atoms with van der Waals surface area (Å²) in [7, 11) is 0. The Morgan fingerprint density at radius 1 is 1.33 bits per heavy atom. The molecule has 1 fully saturated rings. The fourth-order valence-corrected chi connectivity index (χ4v) is 1.08. The Balaban J connectivity index is 2.49. The highest BCUT2D eigenvalue weighted by Gasteiger charge is 2.39. The van der Waals surface area contributed by atoms with Crippen LogP contribution in [-0.2, 0) is 0 Å². The lowest BCUT2D eigenvalue weighted by Gasteiger charge is -2.26. The monoisotopic (exact) mass is 136 g/mol. The van der Waals surface area contributed by atoms with Gasteiger partial charge in [0.2, 0.25) is 0 Å². The lowest BCUT2D eigenvalue weighted by atomic mass is 9.94. The summed E-state index contributed by atoms with van der Waals surface area (Å²) in [5, 5.41) is 8.69. The molecule has 0 unspecified atom stereocenters. The number of rotatable bonds is 0. The summed E-state index contributed by atoms with van der Waals surface area (Å²) >= 11 is 0. The van der Waals surface area contributed by atoms with Crippen molar-refractivity contribution in [3.05, 3.63) is 0 Å². The first kappa shape index (κ1) is 6.93. The Morgan fingerprint density at radius 3 is 2.33 bits per heavy atom. The van der Waals surface area contributed by atoms with Gasteiger partial charge in [-0.1, -0.05) is 6.42 Å². The van der Waals surface area contributed by atoms with Crippen LogP contribution >= 0.6 is 0 Å². The third-order valence-electron chi connectivity index (χ3n) is 1.73. The molecule has 9 heavy (non-hydrogen) atoms. The van der Waals surface area contributed by atoms with Crippen molar-refractivity contribution in [2.45, 2.75) is 37.7 Å². The van der Waals surface area contributed by atoms with Gasteiger partial charge in [0.1, 0.15) is 6.10 Å². The van der Waals surface area contributed by atoms with E-state index in [9.17, 15) is 8.78 Å². The summed E-state index contributed by atoms with van der Waals surface area (Å²) in [5.74, 6) is -2.81. The third-order valence-corrected chi connectivity index (χ3v) is 1.73. The molecule has 0 saturated heterocycles. The molecular weight excluding hydrogens is 126 g/mol. The molecule has 54 valence electrons. The van der Waals surface area contributed by atoms with Crippen LogP contribution in [0.4, 0.5) is 8.78 Å². The predicted octanol–water partition coefficient (Wildman–Crippen LogP) is 1.56. The van der Waals surface area contributed by atoms with E-state index in [1.54, 1.807) is 0 Å². The zero-order valence-corrected chi connectivity index (χ0v) is 5.11. The highest BCUT2D eigenvalue weighted by atomic mass is 19.3. The zero-order chi connectivity index (χ0) is 6.91. The third kappa shape index (κ3) is 1.39. The van der Waals surface area contributed by atoms with Crippen LogP contribution < -0.4 is 0 Å². The molecule has 0 bridgehead atoms. The quantitative estimate of drug-likeness (QED) is 0.535. The predicted molar refractivity (Wildman–Crippen MR) is 29.4 cm³/mol. The van der Waals surface area contributed by atoms with Crippen LogP contribution in [0, 0.1) is 0 Å². The summed E-state index contributed by atoms with van der Waals surface area (Å²) in [4.78, 5) is 0. The van der Waals surface area contributed by atoms with E-state index in [1.165, 1.54) is 0 Å². The fourth-order valence-electron chi connectivity index (χ4n) is 1.08. The minimum atomic E-state index is -2.81. The number of aliphatic hydroxyl groups excluding tert-OH is 1. The van der Waals surface area contributed by atoms with Gasteiger partial charge < -0.3 is 5.11 Å². The molecule has 0 aromatic carbocycles. The molecule has 1 aliphatic carbocycles. The number of hydrogen-bond donors (Lipinski definition) is 1. The average molecular weight is 136 g/mol. The summed E-state index contributed by atoms with van der Waals surface area (Å²) in [6.45, 7) is 0. The van der Waals surface area contributed by atoms with Crippen LogP contribution in [0.5, 0.6) is 0 Å². The Kier molecular flexibility index (Phi) is 1.70. The highest BCUT2D eigenvalue weighted by Crippen LogP contribution is 2.32. The van der Waals surface area contributed by atoms with Gasteiger partial charge in [-0.05, 0) is 12.8 Å². The maximum absolute atomic E-state index is 12.3. The second-order valence-corrected chi connectivity index (χ2v) is 2.52. The average Bonchev–Trinajstić information content (AvgIpc) is 1.77. The second-order valence-electron chi connectivity index (χ2n) is 2.52. The molecule has 0 radical (unpaired) electrons. The molecule has 0 aromatic rings. The first-order valence-electron chi connectivity index (χ1n) is 3.19. The summed E-state index contributed by atoms with van der Waals surface area (Å²) in [5.41, 5.74) is 0. The van der Waals surface area contributed by atoms with Crippen molar-refractivity contribution >= 4 is 0 Å². The maximum atomic E-state index is 12.3. The lowest BCUT2D eigenvalue weighted by molar-refractivity contribution is -0.130. The first-order valence-corrected chi connectivity index (χ1v) is 3.19. The molecule has 3 heteroatoms. The number of hydrogen-bond acceptors (Lipinski definition) is 1. The van der Waals surface area contributed by atoms with Gasteiger partial charge >= 0.3 is 0 Å². The Bertz CT molecular complexity index is 103. The van der Waals surface area contributed by atoms with Gasteiger partial charge in [-0.2, -0.15) is 0 Å². The number of alkyl halides is 2. The van der Waals surface area contributed by atoms with Crippen molar-refractivity contribution in [3.8, 4) is 0 Å². The largest absolute Gasteiger partial charge is 0.387 e. The van der Waals surface area contributed by atoms with Crippen LogP contribution in [0.25, 0.3) is 0 Å². The van der Waals surface area contributed by atoms with Gasteiger partial charge in [-0.25, -0.2) is 8.78 Å². The fraction of sp³-hybridized carbons (Fsp3) is 1.00. The van der Waals surface area contributed by atoms with Crippen molar-refractivity contribution in [2.75, 3.05) is 0 Å². The molecule has 0 amide bonds. The van der Waals surface area contributed by atoms with Crippen LogP contribution in [0.2, 0.25) is 0 Å². The van der Waals surface area contributed by atoms with E-state index in [2.05, 4.69) is 0 Å². The number of halogens is 2. The standard InChI is InChI=1S/C6H10F2O/c7-6(8)4-2-1-3-5(6)9/h5,9H,1-4H2/t5-/m1/s1. The normalized spacial score (nSPS) is 34.3. The van der Waals surface area contributed by atoms with Crippen molar-refractivity contribution in [1.82, 2.24) is 0 Å².